The van der Waals surface area contributed by atoms with Gasteiger partial charge in [-0.15, -0.1) is 0 Å². The van der Waals surface area contributed by atoms with Gasteiger partial charge in [-0.2, -0.15) is 0 Å². The van der Waals surface area contributed by atoms with E-state index in [2.05, 4.69) is 31.1 Å². The fraction of sp³-hybridized carbons (Fsp3) is 0.643. The van der Waals surface area contributed by atoms with E-state index in [1.54, 1.807) is 12.1 Å². The van der Waals surface area contributed by atoms with Crippen molar-refractivity contribution in [1.82, 2.24) is 10.3 Å². The van der Waals surface area contributed by atoms with Gasteiger partial charge >= 0.3 is 5.82 Å². The van der Waals surface area contributed by atoms with E-state index in [0.717, 1.165) is 19.4 Å². The average Bonchev–Trinajstić information content (AvgIpc) is 2.42. The van der Waals surface area contributed by atoms with Crippen molar-refractivity contribution >= 4 is 5.82 Å². The predicted octanol–water partition coefficient (Wildman–Crippen LogP) is 2.54. The van der Waals surface area contributed by atoms with Crippen molar-refractivity contribution in [1.29, 1.82) is 0 Å². The van der Waals surface area contributed by atoms with Crippen molar-refractivity contribution in [2.24, 2.45) is 5.41 Å². The van der Waals surface area contributed by atoms with Gasteiger partial charge in [-0.05, 0) is 35.0 Å². The summed E-state index contributed by atoms with van der Waals surface area (Å²) in [4.78, 5) is 14.2. The second-order valence-corrected chi connectivity index (χ2v) is 5.75. The van der Waals surface area contributed by atoms with Gasteiger partial charge in [0.25, 0.3) is 0 Å². The summed E-state index contributed by atoms with van der Waals surface area (Å²) in [6, 6.07) is 3.65. The van der Waals surface area contributed by atoms with Crippen LogP contribution in [0.4, 0.5) is 5.82 Å². The molecule has 1 aromatic rings. The fourth-order valence-corrected chi connectivity index (χ4v) is 2.51. The number of nitro groups is 1. The van der Waals surface area contributed by atoms with E-state index >= 15 is 0 Å². The van der Waals surface area contributed by atoms with Crippen LogP contribution < -0.4 is 10.1 Å². The van der Waals surface area contributed by atoms with Crippen LogP contribution in [0.2, 0.25) is 0 Å². The molecule has 20 heavy (non-hydrogen) atoms. The zero-order valence-corrected chi connectivity index (χ0v) is 12.1. The highest BCUT2D eigenvalue weighted by molar-refractivity contribution is 5.39. The summed E-state index contributed by atoms with van der Waals surface area (Å²) in [5.74, 6) is 0.0396. The molecule has 2 rings (SSSR count). The molecular formula is C14H21N3O3. The third-order valence-corrected chi connectivity index (χ3v) is 4.01. The molecule has 1 heterocycles. The summed E-state index contributed by atoms with van der Waals surface area (Å²) in [5.41, 5.74) is -0.0428. The smallest absolute Gasteiger partial charge is 0.406 e. The molecule has 0 amide bonds. The normalized spacial score (nSPS) is 23.9. The maximum absolute atomic E-state index is 10.9. The highest BCUT2D eigenvalue weighted by Gasteiger charge is 2.50. The van der Waals surface area contributed by atoms with E-state index < -0.39 is 4.92 Å². The van der Waals surface area contributed by atoms with Gasteiger partial charge in [0.05, 0.1) is 0 Å². The summed E-state index contributed by atoms with van der Waals surface area (Å²) in [5, 5.41) is 14.4. The molecule has 1 aromatic heterocycles. The SMILES string of the molecule is CCCNC1CC(Oc2cccnc2[N+](=O)[O-])C1(C)C. The number of pyridine rings is 1. The molecule has 110 valence electrons. The number of hydrogen-bond acceptors (Lipinski definition) is 5. The average molecular weight is 279 g/mol. The second kappa shape index (κ2) is 5.75. The number of hydrogen-bond donors (Lipinski definition) is 1. The van der Waals surface area contributed by atoms with E-state index in [4.69, 9.17) is 4.74 Å². The summed E-state index contributed by atoms with van der Waals surface area (Å²) in [6.45, 7) is 7.35. The number of nitrogens with one attached hydrogen (secondary N) is 1. The topological polar surface area (TPSA) is 77.3 Å². The Morgan fingerprint density at radius 1 is 1.60 bits per heavy atom. The van der Waals surface area contributed by atoms with Gasteiger partial charge in [0.15, 0.2) is 0 Å². The molecule has 1 N–H and O–H groups in total. The maximum Gasteiger partial charge on any atom is 0.406 e. The molecule has 0 radical (unpaired) electrons. The monoisotopic (exact) mass is 279 g/mol. The van der Waals surface area contributed by atoms with Crippen LogP contribution in [0.1, 0.15) is 33.6 Å². The second-order valence-electron chi connectivity index (χ2n) is 5.75. The first-order valence-electron chi connectivity index (χ1n) is 6.96. The standard InChI is InChI=1S/C14H21N3O3/c1-4-7-15-11-9-12(14(11,2)3)20-10-6-5-8-16-13(10)17(18)19/h5-6,8,11-12,15H,4,7,9H2,1-3H3. The summed E-state index contributed by atoms with van der Waals surface area (Å²) in [6.07, 6.45) is 3.33. The van der Waals surface area contributed by atoms with Crippen molar-refractivity contribution in [3.05, 3.63) is 28.4 Å². The Balaban J connectivity index is 2.04. The van der Waals surface area contributed by atoms with Crippen LogP contribution in [-0.4, -0.2) is 28.6 Å². The molecule has 1 aliphatic rings. The van der Waals surface area contributed by atoms with Gasteiger partial charge in [0, 0.05) is 17.9 Å². The number of aromatic nitrogens is 1. The molecule has 6 nitrogen and oxygen atoms in total. The first-order valence-corrected chi connectivity index (χ1v) is 6.96. The molecule has 0 saturated heterocycles. The molecule has 0 bridgehead atoms. The molecule has 1 aliphatic carbocycles. The van der Waals surface area contributed by atoms with E-state index in [1.807, 2.05) is 0 Å². The Morgan fingerprint density at radius 2 is 2.35 bits per heavy atom. The van der Waals surface area contributed by atoms with Crippen molar-refractivity contribution in [2.75, 3.05) is 6.54 Å². The first-order chi connectivity index (χ1) is 9.46. The van der Waals surface area contributed by atoms with Crippen molar-refractivity contribution in [3.8, 4) is 5.75 Å². The van der Waals surface area contributed by atoms with Gasteiger partial charge in [0.1, 0.15) is 12.3 Å². The van der Waals surface area contributed by atoms with Crippen molar-refractivity contribution < 1.29 is 9.66 Å². The molecule has 0 spiro atoms. The maximum atomic E-state index is 10.9. The zero-order valence-electron chi connectivity index (χ0n) is 12.1. The summed E-state index contributed by atoms with van der Waals surface area (Å²) in [7, 11) is 0. The molecule has 2 unspecified atom stereocenters. The third kappa shape index (κ3) is 2.75. The number of rotatable bonds is 6. The Morgan fingerprint density at radius 3 is 2.95 bits per heavy atom. The van der Waals surface area contributed by atoms with Crippen LogP contribution in [0, 0.1) is 15.5 Å². The van der Waals surface area contributed by atoms with E-state index in [-0.39, 0.29) is 23.1 Å². The van der Waals surface area contributed by atoms with Gasteiger partial charge in [0.2, 0.25) is 5.75 Å². The largest absolute Gasteiger partial charge is 0.482 e. The lowest BCUT2D eigenvalue weighted by Crippen LogP contribution is -2.62. The predicted molar refractivity (Wildman–Crippen MR) is 75.8 cm³/mol. The highest BCUT2D eigenvalue weighted by Crippen LogP contribution is 2.44. The fourth-order valence-electron chi connectivity index (χ4n) is 2.51. The lowest BCUT2D eigenvalue weighted by Gasteiger charge is -2.51. The first kappa shape index (κ1) is 14.7. The van der Waals surface area contributed by atoms with Gasteiger partial charge in [-0.25, -0.2) is 0 Å². The Hall–Kier alpha value is -1.69. The van der Waals surface area contributed by atoms with E-state index in [9.17, 15) is 10.1 Å². The van der Waals surface area contributed by atoms with E-state index in [1.165, 1.54) is 6.20 Å². The van der Waals surface area contributed by atoms with Gasteiger partial charge in [-0.1, -0.05) is 20.8 Å². The Labute approximate surface area is 118 Å². The lowest BCUT2D eigenvalue weighted by atomic mass is 9.64. The van der Waals surface area contributed by atoms with Crippen LogP contribution in [0.3, 0.4) is 0 Å². The lowest BCUT2D eigenvalue weighted by molar-refractivity contribution is -0.391. The van der Waals surface area contributed by atoms with Crippen LogP contribution >= 0.6 is 0 Å². The minimum Gasteiger partial charge on any atom is -0.482 e. The molecule has 0 aromatic carbocycles. The molecule has 0 aliphatic heterocycles. The van der Waals surface area contributed by atoms with Crippen LogP contribution in [0.5, 0.6) is 5.75 Å². The van der Waals surface area contributed by atoms with Gasteiger partial charge in [-0.3, -0.25) is 0 Å². The minimum absolute atomic E-state index is 0.0280. The molecular weight excluding hydrogens is 258 g/mol. The van der Waals surface area contributed by atoms with Crippen LogP contribution in [-0.2, 0) is 0 Å². The molecule has 1 fully saturated rings. The number of ether oxygens (including phenoxy) is 1. The van der Waals surface area contributed by atoms with Crippen molar-refractivity contribution in [3.63, 3.8) is 0 Å². The molecule has 6 heteroatoms. The number of nitrogens with zero attached hydrogens (tertiary/aromatic N) is 2. The Bertz CT molecular complexity index is 490. The quantitative estimate of drug-likeness (QED) is 0.639. The van der Waals surface area contributed by atoms with Gasteiger partial charge < -0.3 is 20.2 Å². The van der Waals surface area contributed by atoms with Crippen LogP contribution in [0.15, 0.2) is 18.3 Å². The van der Waals surface area contributed by atoms with Crippen LogP contribution in [0.25, 0.3) is 0 Å². The highest BCUT2D eigenvalue weighted by atomic mass is 16.6. The molecule has 2 atom stereocenters. The summed E-state index contributed by atoms with van der Waals surface area (Å²) < 4.78 is 5.82. The Kier molecular flexibility index (Phi) is 4.23. The minimum atomic E-state index is -0.506. The van der Waals surface area contributed by atoms with E-state index in [0.29, 0.717) is 6.04 Å². The molecule has 1 saturated carbocycles. The summed E-state index contributed by atoms with van der Waals surface area (Å²) >= 11 is 0. The van der Waals surface area contributed by atoms with Crippen molar-refractivity contribution in [2.45, 2.75) is 45.8 Å². The zero-order chi connectivity index (χ0) is 14.8. The third-order valence-electron chi connectivity index (χ3n) is 4.01.